The number of benzene rings is 2. The van der Waals surface area contributed by atoms with Gasteiger partial charge in [0.2, 0.25) is 11.8 Å². The highest BCUT2D eigenvalue weighted by molar-refractivity contribution is 5.97. The summed E-state index contributed by atoms with van der Waals surface area (Å²) in [5.41, 5.74) is 6.31. The van der Waals surface area contributed by atoms with Crippen LogP contribution in [-0.2, 0) is 4.79 Å². The monoisotopic (exact) mass is 338 g/mol. The first-order valence-electron chi connectivity index (χ1n) is 7.97. The van der Waals surface area contributed by atoms with Crippen LogP contribution in [0.3, 0.4) is 0 Å². The van der Waals surface area contributed by atoms with Crippen molar-refractivity contribution in [1.82, 2.24) is 0 Å². The van der Waals surface area contributed by atoms with Gasteiger partial charge in [0.25, 0.3) is 0 Å². The van der Waals surface area contributed by atoms with Gasteiger partial charge in [-0.3, -0.25) is 9.59 Å². The largest absolute Gasteiger partial charge is 0.423 e. The van der Waals surface area contributed by atoms with E-state index < -0.39 is 11.9 Å². The van der Waals surface area contributed by atoms with Crippen molar-refractivity contribution in [3.8, 4) is 5.75 Å². The number of nitrogens with one attached hydrogen (secondary N) is 1. The van der Waals surface area contributed by atoms with Crippen molar-refractivity contribution >= 4 is 23.5 Å². The number of rotatable bonds is 5. The van der Waals surface area contributed by atoms with Gasteiger partial charge in [-0.1, -0.05) is 19.1 Å². The normalized spacial score (nSPS) is 18.3. The molecular weight excluding hydrogens is 320 g/mol. The molecule has 3 N–H and O–H groups in total. The van der Waals surface area contributed by atoms with Crippen molar-refractivity contribution in [2.24, 2.45) is 17.6 Å². The molecule has 1 aliphatic rings. The Hall–Kier alpha value is -3.15. The molecule has 0 saturated heterocycles. The Morgan fingerprint density at radius 3 is 2.44 bits per heavy atom. The van der Waals surface area contributed by atoms with Gasteiger partial charge in [-0.15, -0.1) is 0 Å². The van der Waals surface area contributed by atoms with Crippen LogP contribution in [0.4, 0.5) is 5.69 Å². The molecule has 128 valence electrons. The topological polar surface area (TPSA) is 98.5 Å². The van der Waals surface area contributed by atoms with Crippen LogP contribution in [0.15, 0.2) is 48.5 Å². The van der Waals surface area contributed by atoms with Gasteiger partial charge < -0.3 is 15.8 Å². The van der Waals surface area contributed by atoms with Crippen LogP contribution in [0.2, 0.25) is 0 Å². The molecule has 6 heteroatoms. The van der Waals surface area contributed by atoms with Crippen LogP contribution in [0.25, 0.3) is 0 Å². The predicted molar refractivity (Wildman–Crippen MR) is 92.3 cm³/mol. The number of hydrogen-bond donors (Lipinski definition) is 2. The van der Waals surface area contributed by atoms with Crippen LogP contribution in [0.5, 0.6) is 5.75 Å². The summed E-state index contributed by atoms with van der Waals surface area (Å²) in [5.74, 6) is -0.540. The number of carbonyl (C=O) groups is 3. The third kappa shape index (κ3) is 4.03. The molecule has 2 atom stereocenters. The molecule has 1 aliphatic carbocycles. The Balaban J connectivity index is 1.70. The lowest BCUT2D eigenvalue weighted by molar-refractivity contribution is -0.117. The highest BCUT2D eigenvalue weighted by atomic mass is 16.5. The summed E-state index contributed by atoms with van der Waals surface area (Å²) in [5, 5.41) is 2.81. The zero-order chi connectivity index (χ0) is 18.0. The molecule has 0 spiro atoms. The minimum absolute atomic E-state index is 0.0350. The lowest BCUT2D eigenvalue weighted by atomic mass is 10.2. The summed E-state index contributed by atoms with van der Waals surface area (Å²) in [6.45, 7) is 2.03. The Labute approximate surface area is 145 Å². The van der Waals surface area contributed by atoms with Crippen LogP contribution >= 0.6 is 0 Å². The fraction of sp³-hybridized carbons (Fsp3) is 0.211. The number of carbonyl (C=O) groups excluding carboxylic acids is 3. The fourth-order valence-electron chi connectivity index (χ4n) is 2.53. The fourth-order valence-corrected chi connectivity index (χ4v) is 2.53. The van der Waals surface area contributed by atoms with E-state index in [1.807, 2.05) is 6.92 Å². The summed E-state index contributed by atoms with van der Waals surface area (Å²) in [6, 6.07) is 12.6. The summed E-state index contributed by atoms with van der Waals surface area (Å²) in [4.78, 5) is 35.4. The first kappa shape index (κ1) is 16.7. The van der Waals surface area contributed by atoms with Gasteiger partial charge in [0.05, 0.1) is 5.56 Å². The molecular formula is C19H18N2O4. The summed E-state index contributed by atoms with van der Waals surface area (Å²) < 4.78 is 5.27. The number of hydrogen-bond acceptors (Lipinski definition) is 4. The van der Waals surface area contributed by atoms with E-state index in [-0.39, 0.29) is 23.1 Å². The quantitative estimate of drug-likeness (QED) is 0.646. The lowest BCUT2D eigenvalue weighted by Gasteiger charge is -2.08. The van der Waals surface area contributed by atoms with Crippen LogP contribution < -0.4 is 15.8 Å². The lowest BCUT2D eigenvalue weighted by Crippen LogP contribution is -2.15. The molecule has 6 nitrogen and oxygen atoms in total. The first-order chi connectivity index (χ1) is 11.9. The molecule has 1 saturated carbocycles. The van der Waals surface area contributed by atoms with E-state index in [1.54, 1.807) is 36.4 Å². The Kier molecular flexibility index (Phi) is 4.52. The maximum Gasteiger partial charge on any atom is 0.343 e. The standard InChI is InChI=1S/C19H18N2O4/c1-11-8-16(11)18(23)21-14-6-2-5-13(9-14)19(24)25-15-7-3-4-12(10-15)17(20)22/h2-7,9-11,16H,8H2,1H3,(H2,20,22)(H,21,23). The number of anilines is 1. The van der Waals surface area contributed by atoms with Gasteiger partial charge in [0.1, 0.15) is 5.75 Å². The zero-order valence-electron chi connectivity index (χ0n) is 13.7. The van der Waals surface area contributed by atoms with Crippen LogP contribution in [0.1, 0.15) is 34.1 Å². The van der Waals surface area contributed by atoms with Crippen molar-refractivity contribution in [2.75, 3.05) is 5.32 Å². The van der Waals surface area contributed by atoms with E-state index in [0.717, 1.165) is 6.42 Å². The van der Waals surface area contributed by atoms with E-state index in [9.17, 15) is 14.4 Å². The highest BCUT2D eigenvalue weighted by Gasteiger charge is 2.39. The summed E-state index contributed by atoms with van der Waals surface area (Å²) in [7, 11) is 0. The van der Waals surface area contributed by atoms with Crippen molar-refractivity contribution < 1.29 is 19.1 Å². The van der Waals surface area contributed by atoms with Crippen molar-refractivity contribution in [3.05, 3.63) is 59.7 Å². The van der Waals surface area contributed by atoms with E-state index >= 15 is 0 Å². The highest BCUT2D eigenvalue weighted by Crippen LogP contribution is 2.38. The third-order valence-electron chi connectivity index (χ3n) is 4.14. The number of amides is 2. The number of esters is 1. The van der Waals surface area contributed by atoms with E-state index in [1.165, 1.54) is 12.1 Å². The van der Waals surface area contributed by atoms with Gasteiger partial charge in [-0.05, 0) is 48.7 Å². The summed E-state index contributed by atoms with van der Waals surface area (Å²) in [6.07, 6.45) is 0.893. The molecule has 1 fully saturated rings. The minimum Gasteiger partial charge on any atom is -0.423 e. The SMILES string of the molecule is CC1CC1C(=O)Nc1cccc(C(=O)Oc2cccc(C(N)=O)c2)c1. The third-order valence-corrected chi connectivity index (χ3v) is 4.14. The zero-order valence-corrected chi connectivity index (χ0v) is 13.7. The van der Waals surface area contributed by atoms with Crippen LogP contribution in [-0.4, -0.2) is 17.8 Å². The second-order valence-corrected chi connectivity index (χ2v) is 6.17. The number of ether oxygens (including phenoxy) is 1. The molecule has 0 aliphatic heterocycles. The number of primary amides is 1. The second kappa shape index (κ2) is 6.76. The van der Waals surface area contributed by atoms with Gasteiger partial charge >= 0.3 is 5.97 Å². The number of nitrogens with two attached hydrogens (primary N) is 1. The second-order valence-electron chi connectivity index (χ2n) is 6.17. The Morgan fingerprint density at radius 1 is 1.08 bits per heavy atom. The average molecular weight is 338 g/mol. The molecule has 0 bridgehead atoms. The van der Waals surface area contributed by atoms with Crippen molar-refractivity contribution in [1.29, 1.82) is 0 Å². The van der Waals surface area contributed by atoms with Gasteiger partial charge in [-0.2, -0.15) is 0 Å². The molecule has 25 heavy (non-hydrogen) atoms. The molecule has 2 aromatic rings. The molecule has 2 amide bonds. The molecule has 3 rings (SSSR count). The smallest absolute Gasteiger partial charge is 0.343 e. The van der Waals surface area contributed by atoms with Crippen molar-refractivity contribution in [3.63, 3.8) is 0 Å². The van der Waals surface area contributed by atoms with E-state index in [2.05, 4.69) is 5.32 Å². The Bertz CT molecular complexity index is 847. The van der Waals surface area contributed by atoms with Gasteiger partial charge in [0, 0.05) is 17.2 Å². The molecule has 0 aromatic heterocycles. The summed E-state index contributed by atoms with van der Waals surface area (Å²) >= 11 is 0. The maximum absolute atomic E-state index is 12.3. The van der Waals surface area contributed by atoms with Gasteiger partial charge in [0.15, 0.2) is 0 Å². The maximum atomic E-state index is 12.3. The van der Waals surface area contributed by atoms with Gasteiger partial charge in [-0.25, -0.2) is 4.79 Å². The van der Waals surface area contributed by atoms with Crippen LogP contribution in [0, 0.1) is 11.8 Å². The molecule has 0 heterocycles. The first-order valence-corrected chi connectivity index (χ1v) is 7.97. The van der Waals surface area contributed by atoms with E-state index in [4.69, 9.17) is 10.5 Å². The molecule has 2 unspecified atom stereocenters. The van der Waals surface area contributed by atoms with E-state index in [0.29, 0.717) is 17.2 Å². The molecule has 2 aromatic carbocycles. The average Bonchev–Trinajstić information content (AvgIpc) is 3.32. The molecule has 0 radical (unpaired) electrons. The predicted octanol–water partition coefficient (Wildman–Crippen LogP) is 2.60. The minimum atomic E-state index is -0.600. The van der Waals surface area contributed by atoms with Crippen molar-refractivity contribution in [2.45, 2.75) is 13.3 Å². The Morgan fingerprint density at radius 2 is 1.76 bits per heavy atom.